The number of rotatable bonds is 6. The molecule has 1 heterocycles. The van der Waals surface area contributed by atoms with Gasteiger partial charge in [-0.05, 0) is 48.7 Å². The van der Waals surface area contributed by atoms with E-state index in [2.05, 4.69) is 45.4 Å². The maximum Gasteiger partial charge on any atom is 0.255 e. The Balaban J connectivity index is 2.96. The first-order valence-electron chi connectivity index (χ1n) is 6.61. The van der Waals surface area contributed by atoms with Crippen molar-refractivity contribution in [2.45, 2.75) is 46.1 Å². The maximum absolute atomic E-state index is 12.3. The van der Waals surface area contributed by atoms with Crippen LogP contribution in [0.3, 0.4) is 0 Å². The largest absolute Gasteiger partial charge is 0.369 e. The normalized spacial score (nSPS) is 11.2. The van der Waals surface area contributed by atoms with E-state index in [1.54, 1.807) is 12.3 Å². The third-order valence-electron chi connectivity index (χ3n) is 2.98. The third kappa shape index (κ3) is 4.82. The van der Waals surface area contributed by atoms with Gasteiger partial charge in [-0.3, -0.25) is 4.79 Å². The minimum absolute atomic E-state index is 0.0979. The zero-order chi connectivity index (χ0) is 14.5. The van der Waals surface area contributed by atoms with E-state index in [-0.39, 0.29) is 11.4 Å². The van der Waals surface area contributed by atoms with E-state index in [0.717, 1.165) is 23.9 Å². The molecule has 2 N–H and O–H groups in total. The highest BCUT2D eigenvalue weighted by Gasteiger charge is 2.21. The molecule has 1 aromatic heterocycles. The van der Waals surface area contributed by atoms with Crippen molar-refractivity contribution in [3.63, 3.8) is 0 Å². The number of amides is 1. The summed E-state index contributed by atoms with van der Waals surface area (Å²) < 4.78 is 0.800. The van der Waals surface area contributed by atoms with Crippen LogP contribution < -0.4 is 10.6 Å². The van der Waals surface area contributed by atoms with Crippen molar-refractivity contribution in [1.29, 1.82) is 0 Å². The monoisotopic (exact) mass is 327 g/mol. The lowest BCUT2D eigenvalue weighted by molar-refractivity contribution is 0.0911. The molecule has 0 saturated heterocycles. The van der Waals surface area contributed by atoms with Crippen LogP contribution in [0, 0.1) is 0 Å². The quantitative estimate of drug-likeness (QED) is 0.839. The fourth-order valence-electron chi connectivity index (χ4n) is 1.46. The Kier molecular flexibility index (Phi) is 5.79. The van der Waals surface area contributed by atoms with Crippen molar-refractivity contribution >= 4 is 27.7 Å². The summed E-state index contributed by atoms with van der Waals surface area (Å²) in [7, 11) is 0. The summed E-state index contributed by atoms with van der Waals surface area (Å²) in [6, 6.07) is 1.80. The standard InChI is InChI=1S/C14H22BrN3O/c1-5-7-16-12-11(8-10(15)9-17-12)13(19)18-14(3,4)6-2/h8-9H,5-7H2,1-4H3,(H,16,17)(H,18,19). The lowest BCUT2D eigenvalue weighted by Gasteiger charge is -2.25. The second-order valence-corrected chi connectivity index (χ2v) is 6.08. The molecule has 0 bridgehead atoms. The van der Waals surface area contributed by atoms with Gasteiger partial charge in [0.05, 0.1) is 5.56 Å². The summed E-state index contributed by atoms with van der Waals surface area (Å²) in [6.45, 7) is 8.94. The van der Waals surface area contributed by atoms with Crippen LogP contribution in [0.25, 0.3) is 0 Å². The molecule has 5 heteroatoms. The van der Waals surface area contributed by atoms with Gasteiger partial charge in [0.25, 0.3) is 5.91 Å². The molecule has 0 aliphatic heterocycles. The fraction of sp³-hybridized carbons (Fsp3) is 0.571. The Bertz CT molecular complexity index is 446. The molecule has 0 fully saturated rings. The zero-order valence-electron chi connectivity index (χ0n) is 12.0. The molecular formula is C14H22BrN3O. The Hall–Kier alpha value is -1.10. The van der Waals surface area contributed by atoms with Crippen molar-refractivity contribution in [3.05, 3.63) is 22.3 Å². The molecule has 0 unspecified atom stereocenters. The minimum Gasteiger partial charge on any atom is -0.369 e. The third-order valence-corrected chi connectivity index (χ3v) is 3.41. The Labute approximate surface area is 123 Å². The van der Waals surface area contributed by atoms with E-state index in [0.29, 0.717) is 11.4 Å². The predicted molar refractivity (Wildman–Crippen MR) is 82.6 cm³/mol. The van der Waals surface area contributed by atoms with Gasteiger partial charge in [-0.15, -0.1) is 0 Å². The molecule has 0 aromatic carbocycles. The Morgan fingerprint density at radius 2 is 2.11 bits per heavy atom. The summed E-state index contributed by atoms with van der Waals surface area (Å²) >= 11 is 3.36. The number of pyridine rings is 1. The van der Waals surface area contributed by atoms with Crippen LogP contribution in [-0.4, -0.2) is 23.0 Å². The molecule has 106 valence electrons. The van der Waals surface area contributed by atoms with Gasteiger partial charge in [-0.1, -0.05) is 13.8 Å². The predicted octanol–water partition coefficient (Wildman–Crippen LogP) is 3.58. The fourth-order valence-corrected chi connectivity index (χ4v) is 1.79. The molecule has 0 aliphatic carbocycles. The van der Waals surface area contributed by atoms with Crippen LogP contribution in [-0.2, 0) is 0 Å². The van der Waals surface area contributed by atoms with Crippen molar-refractivity contribution in [1.82, 2.24) is 10.3 Å². The molecule has 19 heavy (non-hydrogen) atoms. The molecule has 1 rings (SSSR count). The average Bonchev–Trinajstić information content (AvgIpc) is 2.36. The number of aromatic nitrogens is 1. The number of anilines is 1. The number of nitrogens with one attached hydrogen (secondary N) is 2. The van der Waals surface area contributed by atoms with Crippen molar-refractivity contribution in [2.75, 3.05) is 11.9 Å². The van der Waals surface area contributed by atoms with Crippen LogP contribution >= 0.6 is 15.9 Å². The smallest absolute Gasteiger partial charge is 0.255 e. The second kappa shape index (κ2) is 6.89. The average molecular weight is 328 g/mol. The van der Waals surface area contributed by atoms with Crippen LogP contribution in [0.5, 0.6) is 0 Å². The van der Waals surface area contributed by atoms with Gasteiger partial charge >= 0.3 is 0 Å². The molecule has 4 nitrogen and oxygen atoms in total. The Morgan fingerprint density at radius 3 is 2.68 bits per heavy atom. The molecular weight excluding hydrogens is 306 g/mol. The van der Waals surface area contributed by atoms with E-state index < -0.39 is 0 Å². The lowest BCUT2D eigenvalue weighted by atomic mass is 10.0. The highest BCUT2D eigenvalue weighted by atomic mass is 79.9. The van der Waals surface area contributed by atoms with Gasteiger partial charge in [-0.2, -0.15) is 0 Å². The molecule has 1 amide bonds. The van der Waals surface area contributed by atoms with Crippen molar-refractivity contribution in [3.8, 4) is 0 Å². The van der Waals surface area contributed by atoms with Gasteiger partial charge in [0.2, 0.25) is 0 Å². The SMILES string of the molecule is CCCNc1ncc(Br)cc1C(=O)NC(C)(C)CC. The van der Waals surface area contributed by atoms with E-state index in [1.807, 2.05) is 13.8 Å². The van der Waals surface area contributed by atoms with Gasteiger partial charge < -0.3 is 10.6 Å². The van der Waals surface area contributed by atoms with Gasteiger partial charge in [0.1, 0.15) is 5.82 Å². The summed E-state index contributed by atoms with van der Waals surface area (Å²) in [4.78, 5) is 16.6. The summed E-state index contributed by atoms with van der Waals surface area (Å²) in [5, 5.41) is 6.21. The first-order chi connectivity index (χ1) is 8.89. The van der Waals surface area contributed by atoms with Crippen molar-refractivity contribution < 1.29 is 4.79 Å². The molecule has 0 radical (unpaired) electrons. The number of nitrogens with zero attached hydrogens (tertiary/aromatic N) is 1. The number of halogens is 1. The summed E-state index contributed by atoms with van der Waals surface area (Å²) in [6.07, 6.45) is 3.55. The molecule has 0 spiro atoms. The van der Waals surface area contributed by atoms with E-state index in [1.165, 1.54) is 0 Å². The molecule has 0 atom stereocenters. The van der Waals surface area contributed by atoms with Crippen LogP contribution in [0.4, 0.5) is 5.82 Å². The first-order valence-corrected chi connectivity index (χ1v) is 7.41. The number of hydrogen-bond acceptors (Lipinski definition) is 3. The lowest BCUT2D eigenvalue weighted by Crippen LogP contribution is -2.43. The Morgan fingerprint density at radius 1 is 1.42 bits per heavy atom. The number of carbonyl (C=O) groups excluding carboxylic acids is 1. The molecule has 1 aromatic rings. The second-order valence-electron chi connectivity index (χ2n) is 5.17. The molecule has 0 saturated carbocycles. The highest BCUT2D eigenvalue weighted by Crippen LogP contribution is 2.19. The van der Waals surface area contributed by atoms with E-state index in [4.69, 9.17) is 0 Å². The van der Waals surface area contributed by atoms with E-state index in [9.17, 15) is 4.79 Å². The number of carbonyl (C=O) groups is 1. The summed E-state index contributed by atoms with van der Waals surface area (Å²) in [5.41, 5.74) is 0.353. The van der Waals surface area contributed by atoms with Crippen LogP contribution in [0.1, 0.15) is 50.9 Å². The maximum atomic E-state index is 12.3. The molecule has 0 aliphatic rings. The summed E-state index contributed by atoms with van der Waals surface area (Å²) in [5.74, 6) is 0.536. The number of hydrogen-bond donors (Lipinski definition) is 2. The van der Waals surface area contributed by atoms with Crippen LogP contribution in [0.15, 0.2) is 16.7 Å². The highest BCUT2D eigenvalue weighted by molar-refractivity contribution is 9.10. The minimum atomic E-state index is -0.221. The van der Waals surface area contributed by atoms with Gasteiger partial charge in [0, 0.05) is 22.8 Å². The van der Waals surface area contributed by atoms with E-state index >= 15 is 0 Å². The first kappa shape index (κ1) is 16.0. The van der Waals surface area contributed by atoms with Crippen LogP contribution in [0.2, 0.25) is 0 Å². The zero-order valence-corrected chi connectivity index (χ0v) is 13.6. The van der Waals surface area contributed by atoms with Gasteiger partial charge in [0.15, 0.2) is 0 Å². The van der Waals surface area contributed by atoms with Crippen molar-refractivity contribution in [2.24, 2.45) is 0 Å². The van der Waals surface area contributed by atoms with Gasteiger partial charge in [-0.25, -0.2) is 4.98 Å². The topological polar surface area (TPSA) is 54.0 Å².